The molecule has 1 aromatic rings. The zero-order valence-electron chi connectivity index (χ0n) is 16.5. The molecule has 2 N–H and O–H groups in total. The molecule has 1 aromatic carbocycles. The summed E-state index contributed by atoms with van der Waals surface area (Å²) < 4.78 is 10.8. The van der Waals surface area contributed by atoms with Crippen LogP contribution in [0.1, 0.15) is 19.4 Å². The minimum absolute atomic E-state index is 0. The van der Waals surface area contributed by atoms with Crippen molar-refractivity contribution in [1.29, 1.82) is 0 Å². The second-order valence-electron chi connectivity index (χ2n) is 6.95. The summed E-state index contributed by atoms with van der Waals surface area (Å²) >= 11 is 0. The molecule has 1 fully saturated rings. The molecule has 0 aliphatic carbocycles. The standard InChI is InChI=1S/C19H31N5O2.HI/c1-4-20-19(21-12-15(2)24-9-7-23(3)8-10-24)22-13-16-5-6-17-18(11-16)26-14-25-17;/h5-6,11,15H,4,7-10,12-14H2,1-3H3,(H2,20,21,22);1H. The average Bonchev–Trinajstić information content (AvgIpc) is 3.12. The maximum Gasteiger partial charge on any atom is 0.231 e. The Morgan fingerprint density at radius 2 is 1.89 bits per heavy atom. The molecule has 0 bridgehead atoms. The number of hydrogen-bond acceptors (Lipinski definition) is 5. The summed E-state index contributed by atoms with van der Waals surface area (Å²) in [6, 6.07) is 6.47. The van der Waals surface area contributed by atoms with Crippen LogP contribution in [0.4, 0.5) is 0 Å². The van der Waals surface area contributed by atoms with Crippen LogP contribution < -0.4 is 20.1 Å². The van der Waals surface area contributed by atoms with Gasteiger partial charge in [0, 0.05) is 45.3 Å². The summed E-state index contributed by atoms with van der Waals surface area (Å²) in [7, 11) is 2.19. The molecule has 1 saturated heterocycles. The van der Waals surface area contributed by atoms with Gasteiger partial charge in [0.2, 0.25) is 6.79 Å². The molecule has 1 atom stereocenters. The van der Waals surface area contributed by atoms with Gasteiger partial charge in [0.15, 0.2) is 17.5 Å². The molecule has 1 unspecified atom stereocenters. The van der Waals surface area contributed by atoms with E-state index in [2.05, 4.69) is 41.3 Å². The highest BCUT2D eigenvalue weighted by molar-refractivity contribution is 14.0. The van der Waals surface area contributed by atoms with Gasteiger partial charge in [-0.15, -0.1) is 24.0 Å². The zero-order chi connectivity index (χ0) is 18.4. The van der Waals surface area contributed by atoms with Gasteiger partial charge in [0.1, 0.15) is 0 Å². The molecule has 7 nitrogen and oxygen atoms in total. The summed E-state index contributed by atoms with van der Waals surface area (Å²) in [6.07, 6.45) is 0. The van der Waals surface area contributed by atoms with Gasteiger partial charge < -0.3 is 25.0 Å². The Hall–Kier alpha value is -1.26. The number of likely N-dealkylation sites (N-methyl/N-ethyl adjacent to an activating group) is 1. The summed E-state index contributed by atoms with van der Waals surface area (Å²) in [5.41, 5.74) is 1.11. The number of rotatable bonds is 6. The number of fused-ring (bicyclic) bond motifs is 1. The highest BCUT2D eigenvalue weighted by Crippen LogP contribution is 2.32. The van der Waals surface area contributed by atoms with Gasteiger partial charge in [-0.1, -0.05) is 6.07 Å². The van der Waals surface area contributed by atoms with E-state index < -0.39 is 0 Å². The quantitative estimate of drug-likeness (QED) is 0.361. The number of piperazine rings is 1. The van der Waals surface area contributed by atoms with Crippen molar-refractivity contribution in [2.24, 2.45) is 4.99 Å². The van der Waals surface area contributed by atoms with Crippen LogP contribution in [0.2, 0.25) is 0 Å². The van der Waals surface area contributed by atoms with Crippen LogP contribution in [-0.2, 0) is 6.54 Å². The first kappa shape index (κ1) is 22.0. The minimum atomic E-state index is 0. The van der Waals surface area contributed by atoms with Gasteiger partial charge in [0.25, 0.3) is 0 Å². The fraction of sp³-hybridized carbons (Fsp3) is 0.632. The Bertz CT molecular complexity index is 620. The van der Waals surface area contributed by atoms with Crippen molar-refractivity contribution in [3.63, 3.8) is 0 Å². The van der Waals surface area contributed by atoms with E-state index >= 15 is 0 Å². The predicted octanol–water partition coefficient (Wildman–Crippen LogP) is 1.72. The van der Waals surface area contributed by atoms with E-state index in [1.165, 1.54) is 0 Å². The maximum atomic E-state index is 5.44. The van der Waals surface area contributed by atoms with Crippen LogP contribution in [-0.4, -0.2) is 74.9 Å². The second kappa shape index (κ2) is 10.9. The number of guanidine groups is 1. The number of nitrogens with zero attached hydrogens (tertiary/aromatic N) is 3. The summed E-state index contributed by atoms with van der Waals surface area (Å²) in [5, 5.41) is 6.81. The topological polar surface area (TPSA) is 61.4 Å². The molecule has 152 valence electrons. The van der Waals surface area contributed by atoms with Crippen LogP contribution >= 0.6 is 24.0 Å². The van der Waals surface area contributed by atoms with E-state index in [4.69, 9.17) is 14.5 Å². The molecular weight excluding hydrogens is 457 g/mol. The minimum Gasteiger partial charge on any atom is -0.454 e. The Kier molecular flexibility index (Phi) is 8.91. The molecule has 2 aliphatic heterocycles. The van der Waals surface area contributed by atoms with E-state index in [-0.39, 0.29) is 24.0 Å². The monoisotopic (exact) mass is 489 g/mol. The van der Waals surface area contributed by atoms with Crippen molar-refractivity contribution in [2.75, 3.05) is 53.1 Å². The Balaban J connectivity index is 0.00000261. The van der Waals surface area contributed by atoms with Crippen molar-refractivity contribution in [2.45, 2.75) is 26.4 Å². The summed E-state index contributed by atoms with van der Waals surface area (Å²) in [4.78, 5) is 9.63. The number of nitrogens with one attached hydrogen (secondary N) is 2. The van der Waals surface area contributed by atoms with Gasteiger partial charge in [0.05, 0.1) is 6.54 Å². The van der Waals surface area contributed by atoms with E-state index in [9.17, 15) is 0 Å². The highest BCUT2D eigenvalue weighted by atomic mass is 127. The molecule has 0 amide bonds. The maximum absolute atomic E-state index is 5.44. The van der Waals surface area contributed by atoms with Crippen LogP contribution in [0.15, 0.2) is 23.2 Å². The lowest BCUT2D eigenvalue weighted by Gasteiger charge is -2.36. The van der Waals surface area contributed by atoms with Crippen molar-refractivity contribution in [3.8, 4) is 11.5 Å². The van der Waals surface area contributed by atoms with Gasteiger partial charge in [-0.2, -0.15) is 0 Å². The molecule has 27 heavy (non-hydrogen) atoms. The Morgan fingerprint density at radius 3 is 2.63 bits per heavy atom. The number of benzene rings is 1. The number of halogens is 1. The number of ether oxygens (including phenoxy) is 2. The molecule has 2 aliphatic rings. The Morgan fingerprint density at radius 1 is 1.15 bits per heavy atom. The summed E-state index contributed by atoms with van der Waals surface area (Å²) in [6.45, 7) is 11.5. The number of aliphatic imine (C=N–C) groups is 1. The third kappa shape index (κ3) is 6.39. The van der Waals surface area contributed by atoms with Crippen molar-refractivity contribution in [1.82, 2.24) is 20.4 Å². The number of hydrogen-bond donors (Lipinski definition) is 2. The normalized spacial score (nSPS) is 18.7. The molecule has 8 heteroatoms. The largest absolute Gasteiger partial charge is 0.454 e. The lowest BCUT2D eigenvalue weighted by Crippen LogP contribution is -2.52. The SMILES string of the molecule is CCNC(=NCc1ccc2c(c1)OCO2)NCC(C)N1CCN(C)CC1.I. The van der Waals surface area contributed by atoms with Crippen LogP contribution in [0, 0.1) is 0 Å². The van der Waals surface area contributed by atoms with Gasteiger partial charge in [-0.05, 0) is 38.6 Å². The van der Waals surface area contributed by atoms with Gasteiger partial charge in [-0.3, -0.25) is 4.90 Å². The smallest absolute Gasteiger partial charge is 0.231 e. The van der Waals surface area contributed by atoms with Gasteiger partial charge >= 0.3 is 0 Å². The molecule has 0 radical (unpaired) electrons. The molecule has 0 saturated carbocycles. The first-order valence-electron chi connectivity index (χ1n) is 9.49. The molecule has 2 heterocycles. The lowest BCUT2D eigenvalue weighted by molar-refractivity contribution is 0.120. The first-order chi connectivity index (χ1) is 12.7. The van der Waals surface area contributed by atoms with E-state index in [0.29, 0.717) is 19.4 Å². The zero-order valence-corrected chi connectivity index (χ0v) is 18.9. The van der Waals surface area contributed by atoms with Crippen molar-refractivity contribution < 1.29 is 9.47 Å². The van der Waals surface area contributed by atoms with E-state index in [0.717, 1.165) is 62.3 Å². The van der Waals surface area contributed by atoms with E-state index in [1.54, 1.807) is 0 Å². The fourth-order valence-electron chi connectivity index (χ4n) is 3.19. The Labute approximate surface area is 179 Å². The summed E-state index contributed by atoms with van der Waals surface area (Å²) in [5.74, 6) is 2.47. The lowest BCUT2D eigenvalue weighted by atomic mass is 10.2. The van der Waals surface area contributed by atoms with E-state index in [1.807, 2.05) is 18.2 Å². The van der Waals surface area contributed by atoms with Crippen LogP contribution in [0.3, 0.4) is 0 Å². The van der Waals surface area contributed by atoms with Crippen molar-refractivity contribution >= 4 is 29.9 Å². The molecule has 0 aromatic heterocycles. The molecule has 0 spiro atoms. The highest BCUT2D eigenvalue weighted by Gasteiger charge is 2.19. The van der Waals surface area contributed by atoms with Crippen LogP contribution in [0.25, 0.3) is 0 Å². The molecule has 3 rings (SSSR count). The van der Waals surface area contributed by atoms with Crippen LogP contribution in [0.5, 0.6) is 11.5 Å². The first-order valence-corrected chi connectivity index (χ1v) is 9.49. The third-order valence-corrected chi connectivity index (χ3v) is 4.93. The predicted molar refractivity (Wildman–Crippen MR) is 119 cm³/mol. The third-order valence-electron chi connectivity index (χ3n) is 4.93. The van der Waals surface area contributed by atoms with Crippen molar-refractivity contribution in [3.05, 3.63) is 23.8 Å². The molecular formula is C19H32IN5O2. The second-order valence-corrected chi connectivity index (χ2v) is 6.95. The average molecular weight is 489 g/mol. The fourth-order valence-corrected chi connectivity index (χ4v) is 3.19. The van der Waals surface area contributed by atoms with Gasteiger partial charge in [-0.25, -0.2) is 4.99 Å².